The molecular weight excluding hydrogens is 390 g/mol. The van der Waals surface area contributed by atoms with Gasteiger partial charge in [0, 0.05) is 31.7 Å². The van der Waals surface area contributed by atoms with E-state index in [-0.39, 0.29) is 17.5 Å². The standard InChI is InChI=1S/C25H31N3O3/c1-19(2)21-10-8-20(9-11-21)18-23(27-24(29)22-6-4-3-5-7-22)25(30)26-12-13-28-14-16-31-17-15-28/h3-11,18-19H,12-17H2,1-2H3,(H,26,30)(H,27,29). The van der Waals surface area contributed by atoms with Crippen LogP contribution in [0.15, 0.2) is 60.3 Å². The molecule has 2 aromatic rings. The average Bonchev–Trinajstić information content (AvgIpc) is 2.80. The van der Waals surface area contributed by atoms with E-state index in [1.807, 2.05) is 30.3 Å². The SMILES string of the molecule is CC(C)c1ccc(C=C(NC(=O)c2ccccc2)C(=O)NCCN2CCOCC2)cc1. The van der Waals surface area contributed by atoms with Gasteiger partial charge in [-0.2, -0.15) is 0 Å². The first kappa shape index (κ1) is 22.7. The highest BCUT2D eigenvalue weighted by molar-refractivity contribution is 6.05. The molecular formula is C25H31N3O3. The Morgan fingerprint density at radius 2 is 1.71 bits per heavy atom. The highest BCUT2D eigenvalue weighted by Crippen LogP contribution is 2.16. The van der Waals surface area contributed by atoms with Crippen LogP contribution in [0, 0.1) is 0 Å². The number of morpholine rings is 1. The summed E-state index contributed by atoms with van der Waals surface area (Å²) in [5.41, 5.74) is 2.82. The van der Waals surface area contributed by atoms with Gasteiger partial charge in [-0.3, -0.25) is 14.5 Å². The summed E-state index contributed by atoms with van der Waals surface area (Å²) in [4.78, 5) is 27.8. The molecule has 0 aliphatic carbocycles. The van der Waals surface area contributed by atoms with E-state index in [4.69, 9.17) is 4.74 Å². The first-order chi connectivity index (χ1) is 15.0. The van der Waals surface area contributed by atoms with E-state index in [0.717, 1.165) is 38.4 Å². The van der Waals surface area contributed by atoms with Crippen molar-refractivity contribution in [3.8, 4) is 0 Å². The molecule has 1 aliphatic heterocycles. The topological polar surface area (TPSA) is 70.7 Å². The van der Waals surface area contributed by atoms with Crippen molar-refractivity contribution >= 4 is 17.9 Å². The molecule has 6 nitrogen and oxygen atoms in total. The molecule has 164 valence electrons. The predicted octanol–water partition coefficient (Wildman–Crippen LogP) is 3.03. The third-order valence-electron chi connectivity index (χ3n) is 5.26. The molecule has 1 fully saturated rings. The fourth-order valence-electron chi connectivity index (χ4n) is 3.33. The number of carbonyl (C=O) groups is 2. The summed E-state index contributed by atoms with van der Waals surface area (Å²) in [5.74, 6) is -0.182. The second-order valence-electron chi connectivity index (χ2n) is 7.91. The number of rotatable bonds is 8. The fraction of sp³-hybridized carbons (Fsp3) is 0.360. The summed E-state index contributed by atoms with van der Waals surface area (Å²) in [6, 6.07) is 16.9. The number of nitrogens with zero attached hydrogens (tertiary/aromatic N) is 1. The van der Waals surface area contributed by atoms with Crippen LogP contribution in [0.25, 0.3) is 6.08 Å². The largest absolute Gasteiger partial charge is 0.379 e. The van der Waals surface area contributed by atoms with E-state index in [0.29, 0.717) is 18.0 Å². The highest BCUT2D eigenvalue weighted by atomic mass is 16.5. The summed E-state index contributed by atoms with van der Waals surface area (Å²) in [7, 11) is 0. The fourth-order valence-corrected chi connectivity index (χ4v) is 3.33. The van der Waals surface area contributed by atoms with Gasteiger partial charge in [0.05, 0.1) is 13.2 Å². The van der Waals surface area contributed by atoms with Gasteiger partial charge in [-0.05, 0) is 35.3 Å². The molecule has 2 N–H and O–H groups in total. The molecule has 31 heavy (non-hydrogen) atoms. The highest BCUT2D eigenvalue weighted by Gasteiger charge is 2.16. The van der Waals surface area contributed by atoms with Crippen molar-refractivity contribution in [1.29, 1.82) is 0 Å². The first-order valence-corrected chi connectivity index (χ1v) is 10.8. The molecule has 0 atom stereocenters. The van der Waals surface area contributed by atoms with E-state index in [1.165, 1.54) is 5.56 Å². The van der Waals surface area contributed by atoms with Crippen LogP contribution in [0.3, 0.4) is 0 Å². The van der Waals surface area contributed by atoms with Gasteiger partial charge in [0.2, 0.25) is 0 Å². The smallest absolute Gasteiger partial charge is 0.267 e. The van der Waals surface area contributed by atoms with E-state index in [1.54, 1.807) is 30.3 Å². The zero-order valence-electron chi connectivity index (χ0n) is 18.3. The Labute approximate surface area is 184 Å². The molecule has 3 rings (SSSR count). The maximum absolute atomic E-state index is 12.9. The van der Waals surface area contributed by atoms with Gasteiger partial charge in [-0.15, -0.1) is 0 Å². The molecule has 1 saturated heterocycles. The van der Waals surface area contributed by atoms with Crippen molar-refractivity contribution in [3.63, 3.8) is 0 Å². The molecule has 2 amide bonds. The van der Waals surface area contributed by atoms with Crippen molar-refractivity contribution in [2.75, 3.05) is 39.4 Å². The molecule has 0 unspecified atom stereocenters. The summed E-state index contributed by atoms with van der Waals surface area (Å²) < 4.78 is 5.35. The Kier molecular flexibility index (Phi) is 8.38. The molecule has 0 bridgehead atoms. The maximum Gasteiger partial charge on any atom is 0.267 e. The van der Waals surface area contributed by atoms with Crippen LogP contribution >= 0.6 is 0 Å². The van der Waals surface area contributed by atoms with E-state index >= 15 is 0 Å². The number of nitrogens with one attached hydrogen (secondary N) is 2. The van der Waals surface area contributed by atoms with Gasteiger partial charge in [-0.1, -0.05) is 56.3 Å². The summed E-state index contributed by atoms with van der Waals surface area (Å²) in [5, 5.41) is 5.72. The normalized spacial score (nSPS) is 15.0. The van der Waals surface area contributed by atoms with Crippen LogP contribution in [0.1, 0.15) is 41.3 Å². The van der Waals surface area contributed by atoms with Crippen LogP contribution in [0.4, 0.5) is 0 Å². The Morgan fingerprint density at radius 3 is 2.35 bits per heavy atom. The molecule has 0 spiro atoms. The van der Waals surface area contributed by atoms with E-state index in [2.05, 4.69) is 29.4 Å². The van der Waals surface area contributed by atoms with Gasteiger partial charge in [-0.25, -0.2) is 0 Å². The third kappa shape index (κ3) is 7.05. The van der Waals surface area contributed by atoms with E-state index < -0.39 is 0 Å². The van der Waals surface area contributed by atoms with Crippen LogP contribution < -0.4 is 10.6 Å². The predicted molar refractivity (Wildman–Crippen MR) is 123 cm³/mol. The molecule has 2 aromatic carbocycles. The summed E-state index contributed by atoms with van der Waals surface area (Å²) in [6.07, 6.45) is 1.72. The summed E-state index contributed by atoms with van der Waals surface area (Å²) >= 11 is 0. The molecule has 1 aliphatic rings. The average molecular weight is 422 g/mol. The minimum absolute atomic E-state index is 0.230. The molecule has 0 aromatic heterocycles. The van der Waals surface area contributed by atoms with E-state index in [9.17, 15) is 9.59 Å². The molecule has 0 radical (unpaired) electrons. The zero-order valence-corrected chi connectivity index (χ0v) is 18.3. The molecule has 0 saturated carbocycles. The minimum Gasteiger partial charge on any atom is -0.379 e. The number of amides is 2. The Hall–Kier alpha value is -2.96. The molecule has 1 heterocycles. The van der Waals surface area contributed by atoms with Crippen molar-refractivity contribution < 1.29 is 14.3 Å². The second kappa shape index (κ2) is 11.4. The monoisotopic (exact) mass is 421 g/mol. The lowest BCUT2D eigenvalue weighted by Gasteiger charge is -2.26. The number of carbonyl (C=O) groups excluding carboxylic acids is 2. The summed E-state index contributed by atoms with van der Waals surface area (Å²) in [6.45, 7) is 8.70. The van der Waals surface area contributed by atoms with Gasteiger partial charge in [0.25, 0.3) is 11.8 Å². The quantitative estimate of drug-likeness (QED) is 0.643. The van der Waals surface area contributed by atoms with Crippen LogP contribution in [0.5, 0.6) is 0 Å². The minimum atomic E-state index is -0.311. The van der Waals surface area contributed by atoms with Crippen LogP contribution in [0.2, 0.25) is 0 Å². The number of hydrogen-bond donors (Lipinski definition) is 2. The van der Waals surface area contributed by atoms with Gasteiger partial charge >= 0.3 is 0 Å². The lowest BCUT2D eigenvalue weighted by atomic mass is 10.0. The lowest BCUT2D eigenvalue weighted by molar-refractivity contribution is -0.117. The third-order valence-corrected chi connectivity index (χ3v) is 5.26. The number of hydrogen-bond acceptors (Lipinski definition) is 4. The van der Waals surface area contributed by atoms with Crippen molar-refractivity contribution in [3.05, 3.63) is 77.0 Å². The Bertz CT molecular complexity index is 886. The number of ether oxygens (including phenoxy) is 1. The van der Waals surface area contributed by atoms with Crippen LogP contribution in [-0.2, 0) is 9.53 Å². The van der Waals surface area contributed by atoms with Gasteiger partial charge in [0.15, 0.2) is 0 Å². The van der Waals surface area contributed by atoms with Crippen molar-refractivity contribution in [1.82, 2.24) is 15.5 Å². The Morgan fingerprint density at radius 1 is 1.03 bits per heavy atom. The Balaban J connectivity index is 1.70. The second-order valence-corrected chi connectivity index (χ2v) is 7.91. The molecule has 6 heteroatoms. The van der Waals surface area contributed by atoms with Gasteiger partial charge in [0.1, 0.15) is 5.70 Å². The van der Waals surface area contributed by atoms with Crippen molar-refractivity contribution in [2.45, 2.75) is 19.8 Å². The van der Waals surface area contributed by atoms with Gasteiger partial charge < -0.3 is 15.4 Å². The number of benzene rings is 2. The maximum atomic E-state index is 12.9. The zero-order chi connectivity index (χ0) is 22.1. The van der Waals surface area contributed by atoms with Crippen LogP contribution in [-0.4, -0.2) is 56.1 Å². The lowest BCUT2D eigenvalue weighted by Crippen LogP contribution is -2.42. The van der Waals surface area contributed by atoms with Crippen molar-refractivity contribution in [2.24, 2.45) is 0 Å². The first-order valence-electron chi connectivity index (χ1n) is 10.8.